The third kappa shape index (κ3) is 3.46. The Morgan fingerprint density at radius 3 is 2.50 bits per heavy atom. The van der Waals surface area contributed by atoms with E-state index in [0.29, 0.717) is 0 Å². The predicted octanol–water partition coefficient (Wildman–Crippen LogP) is 3.45. The molecule has 0 bridgehead atoms. The molecule has 2 atom stereocenters. The Hall–Kier alpha value is -1.50. The molecule has 2 aliphatic heterocycles. The highest BCUT2D eigenvalue weighted by Crippen LogP contribution is 2.36. The number of thiophene rings is 1. The molecule has 2 saturated heterocycles. The average molecular weight is 397 g/mol. The van der Waals surface area contributed by atoms with Crippen molar-refractivity contribution in [2.24, 2.45) is 0 Å². The summed E-state index contributed by atoms with van der Waals surface area (Å²) in [4.78, 5) is 4.79. The zero-order valence-electron chi connectivity index (χ0n) is 16.1. The number of benzene rings is 2. The minimum absolute atomic E-state index is 0.157. The summed E-state index contributed by atoms with van der Waals surface area (Å²) in [5, 5.41) is 23.3. The third-order valence-corrected chi connectivity index (χ3v) is 7.74. The lowest BCUT2D eigenvalue weighted by Crippen LogP contribution is -2.55. The smallest absolute Gasteiger partial charge is 0.0822 e. The number of hydrogen-bond acceptors (Lipinski definition) is 5. The molecule has 2 fully saturated rings. The molecular formula is C23H28N2O2S. The Balaban J connectivity index is 1.31. The van der Waals surface area contributed by atoms with Crippen LogP contribution in [0.1, 0.15) is 24.8 Å². The van der Waals surface area contributed by atoms with Gasteiger partial charge in [-0.3, -0.25) is 9.80 Å². The van der Waals surface area contributed by atoms with Crippen LogP contribution in [-0.4, -0.2) is 64.4 Å². The highest BCUT2D eigenvalue weighted by molar-refractivity contribution is 7.26. The Kier molecular flexibility index (Phi) is 5.11. The van der Waals surface area contributed by atoms with E-state index >= 15 is 0 Å². The van der Waals surface area contributed by atoms with E-state index in [1.54, 1.807) is 0 Å². The first-order valence-electron chi connectivity index (χ1n) is 10.4. The van der Waals surface area contributed by atoms with E-state index in [4.69, 9.17) is 0 Å². The number of aliphatic hydroxyl groups excluding tert-OH is 2. The lowest BCUT2D eigenvalue weighted by molar-refractivity contribution is -0.0354. The van der Waals surface area contributed by atoms with E-state index in [1.807, 2.05) is 11.3 Å². The number of fused-ring (bicyclic) bond motifs is 3. The van der Waals surface area contributed by atoms with E-state index in [2.05, 4.69) is 52.3 Å². The SMILES string of the molecule is OC1CCN([C@@H]2CCN(Cc3cccc4c3sc3ccccc34)C[C@H]2O)CC1. The van der Waals surface area contributed by atoms with Crippen molar-refractivity contribution in [2.75, 3.05) is 26.2 Å². The maximum atomic E-state index is 10.8. The summed E-state index contributed by atoms with van der Waals surface area (Å²) in [5.74, 6) is 0. The first kappa shape index (κ1) is 18.5. The largest absolute Gasteiger partial charge is 0.393 e. The highest BCUT2D eigenvalue weighted by atomic mass is 32.1. The number of hydrogen-bond donors (Lipinski definition) is 2. The van der Waals surface area contributed by atoms with Crippen LogP contribution in [0.25, 0.3) is 20.2 Å². The quantitative estimate of drug-likeness (QED) is 0.712. The van der Waals surface area contributed by atoms with Gasteiger partial charge in [0.2, 0.25) is 0 Å². The Morgan fingerprint density at radius 2 is 1.68 bits per heavy atom. The van der Waals surface area contributed by atoms with Gasteiger partial charge in [0.15, 0.2) is 0 Å². The topological polar surface area (TPSA) is 46.9 Å². The van der Waals surface area contributed by atoms with Crippen LogP contribution in [0.15, 0.2) is 42.5 Å². The fourth-order valence-electron chi connectivity index (χ4n) is 4.94. The normalized spacial score (nSPS) is 25.6. The molecular weight excluding hydrogens is 368 g/mol. The Bertz CT molecular complexity index is 964. The second-order valence-corrected chi connectivity index (χ2v) is 9.37. The maximum absolute atomic E-state index is 10.8. The molecule has 0 radical (unpaired) electrons. The molecule has 0 amide bonds. The van der Waals surface area contributed by atoms with Crippen LogP contribution in [-0.2, 0) is 6.54 Å². The molecule has 3 heterocycles. The van der Waals surface area contributed by atoms with Crippen LogP contribution in [0.4, 0.5) is 0 Å². The molecule has 0 saturated carbocycles. The van der Waals surface area contributed by atoms with Crippen molar-refractivity contribution in [3.05, 3.63) is 48.0 Å². The summed E-state index contributed by atoms with van der Waals surface area (Å²) < 4.78 is 2.72. The zero-order chi connectivity index (χ0) is 19.1. The van der Waals surface area contributed by atoms with Gasteiger partial charge in [0.1, 0.15) is 0 Å². The van der Waals surface area contributed by atoms with E-state index in [0.717, 1.165) is 52.0 Å². The zero-order valence-corrected chi connectivity index (χ0v) is 16.9. The standard InChI is InChI=1S/C23H28N2O2S/c26-17-8-12-25(13-9-17)20-10-11-24(15-21(20)27)14-16-4-3-6-19-18-5-1-2-7-22(18)28-23(16)19/h1-7,17,20-21,26-27H,8-15H2/t20-,21-/m1/s1. The highest BCUT2D eigenvalue weighted by Gasteiger charge is 2.33. The lowest BCUT2D eigenvalue weighted by atomic mass is 9.96. The molecule has 5 rings (SSSR count). The molecule has 2 aliphatic rings. The lowest BCUT2D eigenvalue weighted by Gasteiger charge is -2.43. The second kappa shape index (κ2) is 7.73. The number of aliphatic hydroxyl groups is 2. The van der Waals surface area contributed by atoms with Crippen LogP contribution in [0, 0.1) is 0 Å². The maximum Gasteiger partial charge on any atom is 0.0822 e. The Morgan fingerprint density at radius 1 is 0.893 bits per heavy atom. The fourth-order valence-corrected chi connectivity index (χ4v) is 6.15. The van der Waals surface area contributed by atoms with Gasteiger partial charge in [-0.2, -0.15) is 0 Å². The fraction of sp³-hybridized carbons (Fsp3) is 0.478. The van der Waals surface area contributed by atoms with Crippen LogP contribution in [0.3, 0.4) is 0 Å². The summed E-state index contributed by atoms with van der Waals surface area (Å²) in [7, 11) is 0. The Labute approximate surface area is 170 Å². The van der Waals surface area contributed by atoms with Crippen molar-refractivity contribution >= 4 is 31.5 Å². The molecule has 148 valence electrons. The van der Waals surface area contributed by atoms with E-state index < -0.39 is 0 Å². The summed E-state index contributed by atoms with van der Waals surface area (Å²) in [6.07, 6.45) is 2.20. The van der Waals surface area contributed by atoms with E-state index in [1.165, 1.54) is 25.7 Å². The third-order valence-electron chi connectivity index (χ3n) is 6.48. The molecule has 0 aliphatic carbocycles. The van der Waals surface area contributed by atoms with Gasteiger partial charge in [-0.15, -0.1) is 11.3 Å². The average Bonchev–Trinajstić information content (AvgIpc) is 3.09. The second-order valence-electron chi connectivity index (χ2n) is 8.32. The van der Waals surface area contributed by atoms with Gasteiger partial charge in [-0.05, 0) is 30.9 Å². The van der Waals surface area contributed by atoms with Crippen LogP contribution < -0.4 is 0 Å². The number of likely N-dealkylation sites (tertiary alicyclic amines) is 2. The first-order chi connectivity index (χ1) is 13.7. The van der Waals surface area contributed by atoms with Gasteiger partial charge in [-0.1, -0.05) is 36.4 Å². The van der Waals surface area contributed by atoms with Crippen LogP contribution >= 0.6 is 11.3 Å². The molecule has 2 aromatic carbocycles. The molecule has 2 N–H and O–H groups in total. The number of nitrogens with zero attached hydrogens (tertiary/aromatic N) is 2. The summed E-state index contributed by atoms with van der Waals surface area (Å²) in [5.41, 5.74) is 1.37. The van der Waals surface area contributed by atoms with Gasteiger partial charge in [-0.25, -0.2) is 0 Å². The number of rotatable bonds is 3. The van der Waals surface area contributed by atoms with E-state index in [9.17, 15) is 10.2 Å². The molecule has 0 spiro atoms. The molecule has 28 heavy (non-hydrogen) atoms. The van der Waals surface area contributed by atoms with Crippen molar-refractivity contribution in [2.45, 2.75) is 44.1 Å². The van der Waals surface area contributed by atoms with Gasteiger partial charge in [0.25, 0.3) is 0 Å². The number of β-amino-alcohol motifs (C(OH)–C–C–N with tert-alkyl or cyclic N) is 1. The van der Waals surface area contributed by atoms with Crippen molar-refractivity contribution in [1.82, 2.24) is 9.80 Å². The van der Waals surface area contributed by atoms with Crippen molar-refractivity contribution in [3.63, 3.8) is 0 Å². The monoisotopic (exact) mass is 396 g/mol. The summed E-state index contributed by atoms with van der Waals surface area (Å²) >= 11 is 1.88. The summed E-state index contributed by atoms with van der Waals surface area (Å²) in [6.45, 7) is 4.45. The van der Waals surface area contributed by atoms with Gasteiger partial charge < -0.3 is 10.2 Å². The van der Waals surface area contributed by atoms with E-state index in [-0.39, 0.29) is 18.2 Å². The van der Waals surface area contributed by atoms with Gasteiger partial charge >= 0.3 is 0 Å². The van der Waals surface area contributed by atoms with Crippen molar-refractivity contribution in [1.29, 1.82) is 0 Å². The number of piperidine rings is 2. The predicted molar refractivity (Wildman–Crippen MR) is 116 cm³/mol. The molecule has 0 unspecified atom stereocenters. The van der Waals surface area contributed by atoms with Crippen molar-refractivity contribution < 1.29 is 10.2 Å². The van der Waals surface area contributed by atoms with Crippen molar-refractivity contribution in [3.8, 4) is 0 Å². The molecule has 1 aromatic heterocycles. The van der Waals surface area contributed by atoms with Gasteiger partial charge in [0, 0.05) is 58.9 Å². The molecule has 4 nitrogen and oxygen atoms in total. The van der Waals surface area contributed by atoms with Crippen LogP contribution in [0.5, 0.6) is 0 Å². The minimum atomic E-state index is -0.314. The van der Waals surface area contributed by atoms with Crippen LogP contribution in [0.2, 0.25) is 0 Å². The molecule has 5 heteroatoms. The summed E-state index contributed by atoms with van der Waals surface area (Å²) in [6, 6.07) is 15.5. The van der Waals surface area contributed by atoms with Gasteiger partial charge in [0.05, 0.1) is 12.2 Å². The minimum Gasteiger partial charge on any atom is -0.393 e. The molecule has 3 aromatic rings. The first-order valence-corrected chi connectivity index (χ1v) is 11.2.